The van der Waals surface area contributed by atoms with E-state index < -0.39 is 0 Å². The molecule has 0 bridgehead atoms. The maximum atomic E-state index is 12.5. The summed E-state index contributed by atoms with van der Waals surface area (Å²) in [4.78, 5) is 12.5. The first-order valence-corrected chi connectivity index (χ1v) is 8.07. The van der Waals surface area contributed by atoms with Crippen molar-refractivity contribution >= 4 is 16.6 Å². The molecule has 0 amide bonds. The van der Waals surface area contributed by atoms with Gasteiger partial charge in [0.15, 0.2) is 5.78 Å². The number of fused-ring (bicyclic) bond motifs is 2. The normalized spacial score (nSPS) is 25.5. The third kappa shape index (κ3) is 2.47. The molecule has 3 nitrogen and oxygen atoms in total. The Balaban J connectivity index is 1.57. The monoisotopic (exact) mass is 292 g/mol. The van der Waals surface area contributed by atoms with Crippen LogP contribution in [-0.2, 0) is 0 Å². The maximum Gasteiger partial charge on any atom is 0.189 e. The predicted octanol–water partition coefficient (Wildman–Crippen LogP) is 3.37. The zero-order valence-corrected chi connectivity index (χ0v) is 12.5. The van der Waals surface area contributed by atoms with Crippen molar-refractivity contribution in [3.8, 4) is 0 Å². The number of allylic oxidation sites excluding steroid dienone is 1. The van der Waals surface area contributed by atoms with Gasteiger partial charge in [0.05, 0.1) is 0 Å². The minimum atomic E-state index is 0.0550. The molecule has 2 aromatic carbocycles. The number of rotatable bonds is 2. The van der Waals surface area contributed by atoms with Gasteiger partial charge in [0.1, 0.15) is 5.82 Å². The molecule has 1 aliphatic heterocycles. The van der Waals surface area contributed by atoms with Gasteiger partial charge in [-0.05, 0) is 29.7 Å². The Bertz CT molecular complexity index is 734. The second kappa shape index (κ2) is 5.48. The van der Waals surface area contributed by atoms with Crippen molar-refractivity contribution in [1.29, 1.82) is 0 Å². The Kier molecular flexibility index (Phi) is 3.34. The molecule has 1 saturated heterocycles. The summed E-state index contributed by atoms with van der Waals surface area (Å²) >= 11 is 0. The Morgan fingerprint density at radius 2 is 1.64 bits per heavy atom. The van der Waals surface area contributed by atoms with Crippen molar-refractivity contribution in [2.75, 3.05) is 0 Å². The number of hydrogen-bond donors (Lipinski definition) is 2. The van der Waals surface area contributed by atoms with Crippen molar-refractivity contribution in [3.63, 3.8) is 0 Å². The van der Waals surface area contributed by atoms with Crippen LogP contribution in [0.5, 0.6) is 0 Å². The van der Waals surface area contributed by atoms with Gasteiger partial charge in [-0.25, -0.2) is 0 Å². The largest absolute Gasteiger partial charge is 0.367 e. The van der Waals surface area contributed by atoms with Crippen LogP contribution in [0.15, 0.2) is 54.4 Å². The van der Waals surface area contributed by atoms with Crippen LogP contribution in [0.2, 0.25) is 0 Å². The SMILES string of the molecule is O=C(C=C1N[C@H]2CCCC[C@H]2N1)c1ccc2ccccc2c1. The maximum absolute atomic E-state index is 12.5. The first kappa shape index (κ1) is 13.4. The molecule has 2 atom stereocenters. The fourth-order valence-electron chi connectivity index (χ4n) is 3.56. The molecule has 0 aromatic heterocycles. The van der Waals surface area contributed by atoms with E-state index in [1.54, 1.807) is 6.08 Å². The quantitative estimate of drug-likeness (QED) is 0.658. The van der Waals surface area contributed by atoms with Gasteiger partial charge in [-0.15, -0.1) is 0 Å². The Hall–Kier alpha value is -2.29. The molecule has 0 spiro atoms. The lowest BCUT2D eigenvalue weighted by Crippen LogP contribution is -2.36. The Morgan fingerprint density at radius 3 is 2.36 bits per heavy atom. The van der Waals surface area contributed by atoms with Gasteiger partial charge in [0.25, 0.3) is 0 Å². The number of nitrogens with one attached hydrogen (secondary N) is 2. The summed E-state index contributed by atoms with van der Waals surface area (Å²) in [6, 6.07) is 15.0. The van der Waals surface area contributed by atoms with E-state index in [1.165, 1.54) is 25.7 Å². The van der Waals surface area contributed by atoms with Gasteiger partial charge < -0.3 is 10.6 Å². The van der Waals surface area contributed by atoms with Crippen LogP contribution >= 0.6 is 0 Å². The van der Waals surface area contributed by atoms with Crippen molar-refractivity contribution in [2.24, 2.45) is 0 Å². The minimum absolute atomic E-state index is 0.0550. The molecule has 2 aromatic rings. The van der Waals surface area contributed by atoms with Crippen LogP contribution in [0.4, 0.5) is 0 Å². The number of carbonyl (C=O) groups is 1. The lowest BCUT2D eigenvalue weighted by molar-refractivity contribution is 0.104. The third-order valence-electron chi connectivity index (χ3n) is 4.76. The van der Waals surface area contributed by atoms with Gasteiger partial charge >= 0.3 is 0 Å². The van der Waals surface area contributed by atoms with Crippen LogP contribution in [0, 0.1) is 0 Å². The highest BCUT2D eigenvalue weighted by Gasteiger charge is 2.31. The fraction of sp³-hybridized carbons (Fsp3) is 0.316. The van der Waals surface area contributed by atoms with Crippen molar-refractivity contribution in [3.05, 3.63) is 59.9 Å². The smallest absolute Gasteiger partial charge is 0.189 e. The van der Waals surface area contributed by atoms with Gasteiger partial charge in [0.2, 0.25) is 0 Å². The van der Waals surface area contributed by atoms with E-state index in [0.717, 1.165) is 22.2 Å². The Morgan fingerprint density at radius 1 is 0.955 bits per heavy atom. The highest BCUT2D eigenvalue weighted by Crippen LogP contribution is 2.24. The lowest BCUT2D eigenvalue weighted by Gasteiger charge is -2.23. The van der Waals surface area contributed by atoms with Crippen LogP contribution in [0.3, 0.4) is 0 Å². The van der Waals surface area contributed by atoms with Gasteiger partial charge in [-0.3, -0.25) is 4.79 Å². The van der Waals surface area contributed by atoms with E-state index >= 15 is 0 Å². The highest BCUT2D eigenvalue weighted by molar-refractivity contribution is 6.07. The molecular weight excluding hydrogens is 272 g/mol. The Labute approximate surface area is 130 Å². The molecule has 0 radical (unpaired) electrons. The fourth-order valence-corrected chi connectivity index (χ4v) is 3.56. The molecule has 112 valence electrons. The van der Waals surface area contributed by atoms with Gasteiger partial charge in [-0.2, -0.15) is 0 Å². The van der Waals surface area contributed by atoms with Gasteiger partial charge in [-0.1, -0.05) is 49.2 Å². The van der Waals surface area contributed by atoms with Gasteiger partial charge in [0, 0.05) is 23.7 Å². The molecule has 2 aliphatic rings. The molecule has 1 saturated carbocycles. The molecule has 4 rings (SSSR count). The molecule has 1 aliphatic carbocycles. The molecule has 1 heterocycles. The highest BCUT2D eigenvalue weighted by atomic mass is 16.1. The minimum Gasteiger partial charge on any atom is -0.367 e. The molecule has 3 heteroatoms. The average Bonchev–Trinajstić information content (AvgIpc) is 2.96. The summed E-state index contributed by atoms with van der Waals surface area (Å²) in [5.41, 5.74) is 0.740. The summed E-state index contributed by atoms with van der Waals surface area (Å²) in [6.07, 6.45) is 6.66. The van der Waals surface area contributed by atoms with E-state index in [0.29, 0.717) is 12.1 Å². The molecule has 22 heavy (non-hydrogen) atoms. The number of hydrogen-bond acceptors (Lipinski definition) is 3. The zero-order valence-electron chi connectivity index (χ0n) is 12.5. The van der Waals surface area contributed by atoms with Crippen molar-refractivity contribution in [2.45, 2.75) is 37.8 Å². The van der Waals surface area contributed by atoms with Crippen LogP contribution in [0.25, 0.3) is 10.8 Å². The van der Waals surface area contributed by atoms with Crippen LogP contribution in [0.1, 0.15) is 36.0 Å². The predicted molar refractivity (Wildman–Crippen MR) is 88.7 cm³/mol. The number of benzene rings is 2. The van der Waals surface area contributed by atoms with E-state index in [4.69, 9.17) is 0 Å². The van der Waals surface area contributed by atoms with Crippen LogP contribution in [-0.4, -0.2) is 17.9 Å². The summed E-state index contributed by atoms with van der Waals surface area (Å²) < 4.78 is 0. The van der Waals surface area contributed by atoms with E-state index in [2.05, 4.69) is 16.7 Å². The number of ketones is 1. The van der Waals surface area contributed by atoms with E-state index in [-0.39, 0.29) is 5.78 Å². The lowest BCUT2D eigenvalue weighted by atomic mass is 9.92. The van der Waals surface area contributed by atoms with E-state index in [1.807, 2.05) is 36.4 Å². The molecule has 2 fully saturated rings. The molecular formula is C19H20N2O. The average molecular weight is 292 g/mol. The van der Waals surface area contributed by atoms with Crippen molar-refractivity contribution < 1.29 is 4.79 Å². The standard InChI is InChI=1S/C19H20N2O/c22-18(12-19-20-16-7-3-4-8-17(16)21-19)15-10-9-13-5-1-2-6-14(13)11-15/h1-2,5-6,9-12,16-17,20-21H,3-4,7-8H2/t16-,17+. The molecule has 2 N–H and O–H groups in total. The topological polar surface area (TPSA) is 41.1 Å². The summed E-state index contributed by atoms with van der Waals surface area (Å²) in [6.45, 7) is 0. The summed E-state index contributed by atoms with van der Waals surface area (Å²) in [7, 11) is 0. The first-order chi connectivity index (χ1) is 10.8. The summed E-state index contributed by atoms with van der Waals surface area (Å²) in [5.74, 6) is 0.939. The third-order valence-corrected chi connectivity index (χ3v) is 4.76. The summed E-state index contributed by atoms with van der Waals surface area (Å²) in [5, 5.41) is 9.19. The number of carbonyl (C=O) groups excluding carboxylic acids is 1. The second-order valence-electron chi connectivity index (χ2n) is 6.27. The van der Waals surface area contributed by atoms with E-state index in [9.17, 15) is 4.79 Å². The second-order valence-corrected chi connectivity index (χ2v) is 6.27. The molecule has 0 unspecified atom stereocenters. The van der Waals surface area contributed by atoms with Crippen molar-refractivity contribution in [1.82, 2.24) is 10.6 Å². The first-order valence-electron chi connectivity index (χ1n) is 8.07. The van der Waals surface area contributed by atoms with Crippen LogP contribution < -0.4 is 10.6 Å². The zero-order chi connectivity index (χ0) is 14.9.